The predicted molar refractivity (Wildman–Crippen MR) is 123 cm³/mol. The van der Waals surface area contributed by atoms with Crippen LogP contribution >= 0.6 is 23.4 Å². The lowest BCUT2D eigenvalue weighted by Gasteiger charge is -2.28. The second-order valence-corrected chi connectivity index (χ2v) is 8.60. The number of esters is 1. The maximum Gasteiger partial charge on any atom is 0.345 e. The third-order valence-electron chi connectivity index (χ3n) is 5.01. The highest BCUT2D eigenvalue weighted by atomic mass is 35.5. The molecule has 8 nitrogen and oxygen atoms in total. The molecule has 2 saturated heterocycles. The van der Waals surface area contributed by atoms with Crippen LogP contribution in [-0.4, -0.2) is 65.7 Å². The van der Waals surface area contributed by atoms with E-state index in [1.807, 2.05) is 0 Å². The van der Waals surface area contributed by atoms with Crippen molar-refractivity contribution in [3.8, 4) is 5.75 Å². The Labute approximate surface area is 199 Å². The van der Waals surface area contributed by atoms with Crippen LogP contribution in [0.3, 0.4) is 0 Å². The first-order chi connectivity index (χ1) is 15.9. The summed E-state index contributed by atoms with van der Waals surface area (Å²) in [4.78, 5) is 52.4. The molecule has 2 aromatic rings. The number of halogens is 1. The van der Waals surface area contributed by atoms with E-state index >= 15 is 0 Å². The minimum absolute atomic E-state index is 0.218. The molecule has 4 rings (SSSR count). The molecule has 3 amide bonds. The number of hydrogen-bond donors (Lipinski definition) is 0. The van der Waals surface area contributed by atoms with Crippen LogP contribution in [0.15, 0.2) is 53.4 Å². The van der Waals surface area contributed by atoms with Crippen molar-refractivity contribution < 1.29 is 28.7 Å². The second-order valence-electron chi connectivity index (χ2n) is 7.20. The van der Waals surface area contributed by atoms with E-state index in [0.717, 1.165) is 16.7 Å². The molecule has 10 heteroatoms. The van der Waals surface area contributed by atoms with Gasteiger partial charge in [-0.3, -0.25) is 19.3 Å². The number of thioether (sulfide) groups is 1. The highest BCUT2D eigenvalue weighted by Gasteiger charge is 2.37. The molecular weight excluding hydrogens is 468 g/mol. The van der Waals surface area contributed by atoms with Gasteiger partial charge in [0.05, 0.1) is 28.7 Å². The van der Waals surface area contributed by atoms with E-state index in [9.17, 15) is 19.2 Å². The predicted octanol–water partition coefficient (Wildman–Crippen LogP) is 3.45. The average Bonchev–Trinajstić information content (AvgIpc) is 3.08. The van der Waals surface area contributed by atoms with Gasteiger partial charge >= 0.3 is 5.97 Å². The van der Waals surface area contributed by atoms with Gasteiger partial charge in [-0.2, -0.15) is 0 Å². The summed E-state index contributed by atoms with van der Waals surface area (Å²) < 4.78 is 10.5. The Balaban J connectivity index is 1.40. The van der Waals surface area contributed by atoms with Gasteiger partial charge < -0.3 is 14.4 Å². The Morgan fingerprint density at radius 2 is 1.76 bits per heavy atom. The van der Waals surface area contributed by atoms with Crippen molar-refractivity contribution in [3.05, 3.63) is 69.6 Å². The highest BCUT2D eigenvalue weighted by Crippen LogP contribution is 2.32. The number of morpholine rings is 1. The Morgan fingerprint density at radius 1 is 1.06 bits per heavy atom. The van der Waals surface area contributed by atoms with E-state index in [1.165, 1.54) is 0 Å². The Morgan fingerprint density at radius 3 is 2.45 bits per heavy atom. The van der Waals surface area contributed by atoms with Crippen LogP contribution in [-0.2, 0) is 14.3 Å². The van der Waals surface area contributed by atoms with Crippen molar-refractivity contribution in [2.24, 2.45) is 0 Å². The van der Waals surface area contributed by atoms with E-state index in [0.29, 0.717) is 42.6 Å². The van der Waals surface area contributed by atoms with Gasteiger partial charge in [0, 0.05) is 13.1 Å². The molecule has 0 aromatic heterocycles. The SMILES string of the molecule is O=C(Oc1ccc(/C=C2\SC(=O)N(CC(=O)N3CCOCC3)C2=O)cc1)c1ccccc1Cl. The molecule has 170 valence electrons. The van der Waals surface area contributed by atoms with Gasteiger partial charge in [0.15, 0.2) is 0 Å². The first kappa shape index (κ1) is 23.0. The molecule has 0 unspecified atom stereocenters. The summed E-state index contributed by atoms with van der Waals surface area (Å²) in [7, 11) is 0. The molecule has 33 heavy (non-hydrogen) atoms. The summed E-state index contributed by atoms with van der Waals surface area (Å²) in [5.74, 6) is -1.08. The number of amides is 3. The molecule has 0 atom stereocenters. The van der Waals surface area contributed by atoms with E-state index in [4.69, 9.17) is 21.1 Å². The molecule has 0 aliphatic carbocycles. The third-order valence-corrected chi connectivity index (χ3v) is 6.25. The first-order valence-electron chi connectivity index (χ1n) is 10.1. The quantitative estimate of drug-likeness (QED) is 0.363. The van der Waals surface area contributed by atoms with Gasteiger partial charge in [-0.15, -0.1) is 0 Å². The van der Waals surface area contributed by atoms with Crippen molar-refractivity contribution in [2.75, 3.05) is 32.8 Å². The fourth-order valence-corrected chi connectivity index (χ4v) is 4.31. The largest absolute Gasteiger partial charge is 0.423 e. The van der Waals surface area contributed by atoms with Gasteiger partial charge in [0.25, 0.3) is 11.1 Å². The number of hydrogen-bond acceptors (Lipinski definition) is 7. The monoisotopic (exact) mass is 486 g/mol. The topological polar surface area (TPSA) is 93.2 Å². The minimum atomic E-state index is -0.584. The van der Waals surface area contributed by atoms with Crippen molar-refractivity contribution in [1.29, 1.82) is 0 Å². The van der Waals surface area contributed by atoms with E-state index < -0.39 is 17.1 Å². The van der Waals surface area contributed by atoms with Gasteiger partial charge in [-0.25, -0.2) is 4.79 Å². The average molecular weight is 487 g/mol. The van der Waals surface area contributed by atoms with Gasteiger partial charge in [-0.1, -0.05) is 35.9 Å². The fourth-order valence-electron chi connectivity index (χ4n) is 3.26. The summed E-state index contributed by atoms with van der Waals surface area (Å²) >= 11 is 6.80. The maximum absolute atomic E-state index is 12.7. The van der Waals surface area contributed by atoms with Crippen LogP contribution in [0.1, 0.15) is 15.9 Å². The molecule has 2 fully saturated rings. The van der Waals surface area contributed by atoms with Gasteiger partial charge in [-0.05, 0) is 47.7 Å². The lowest BCUT2D eigenvalue weighted by molar-refractivity contribution is -0.139. The number of nitrogens with zero attached hydrogens (tertiary/aromatic N) is 2. The number of carbonyl (C=O) groups excluding carboxylic acids is 4. The fraction of sp³-hybridized carbons (Fsp3) is 0.217. The number of carbonyl (C=O) groups is 4. The van der Waals surface area contributed by atoms with Gasteiger partial charge in [0.2, 0.25) is 5.91 Å². The number of ether oxygens (including phenoxy) is 2. The van der Waals surface area contributed by atoms with Crippen LogP contribution in [0.5, 0.6) is 5.75 Å². The lowest BCUT2D eigenvalue weighted by Crippen LogP contribution is -2.46. The smallest absolute Gasteiger partial charge is 0.345 e. The lowest BCUT2D eigenvalue weighted by atomic mass is 10.2. The molecule has 0 radical (unpaired) electrons. The summed E-state index contributed by atoms with van der Waals surface area (Å²) in [6.45, 7) is 1.48. The van der Waals surface area contributed by atoms with Crippen molar-refractivity contribution in [1.82, 2.24) is 9.80 Å². The van der Waals surface area contributed by atoms with E-state index in [2.05, 4.69) is 0 Å². The normalized spacial score (nSPS) is 17.5. The molecule has 0 saturated carbocycles. The van der Waals surface area contributed by atoms with E-state index in [-0.39, 0.29) is 22.9 Å². The van der Waals surface area contributed by atoms with Crippen LogP contribution in [0.4, 0.5) is 4.79 Å². The molecule has 2 aliphatic heterocycles. The molecule has 2 aromatic carbocycles. The Hall–Kier alpha value is -3.14. The van der Waals surface area contributed by atoms with Crippen LogP contribution in [0.2, 0.25) is 5.02 Å². The third kappa shape index (κ3) is 5.44. The van der Waals surface area contributed by atoms with Crippen LogP contribution < -0.4 is 4.74 Å². The molecule has 0 spiro atoms. The van der Waals surface area contributed by atoms with Crippen LogP contribution in [0.25, 0.3) is 6.08 Å². The number of benzene rings is 2. The van der Waals surface area contributed by atoms with Crippen molar-refractivity contribution >= 4 is 52.5 Å². The zero-order chi connectivity index (χ0) is 23.4. The van der Waals surface area contributed by atoms with Crippen LogP contribution in [0, 0.1) is 0 Å². The summed E-state index contributed by atoms with van der Waals surface area (Å²) in [5, 5.41) is -0.194. The number of imide groups is 1. The highest BCUT2D eigenvalue weighted by molar-refractivity contribution is 8.18. The zero-order valence-electron chi connectivity index (χ0n) is 17.4. The minimum Gasteiger partial charge on any atom is -0.423 e. The number of rotatable bonds is 5. The molecule has 2 heterocycles. The van der Waals surface area contributed by atoms with E-state index in [1.54, 1.807) is 59.5 Å². The zero-order valence-corrected chi connectivity index (χ0v) is 18.9. The molecule has 0 N–H and O–H groups in total. The molecular formula is C23H19ClN2O6S. The first-order valence-corrected chi connectivity index (χ1v) is 11.3. The second kappa shape index (κ2) is 10.2. The van der Waals surface area contributed by atoms with Crippen molar-refractivity contribution in [3.63, 3.8) is 0 Å². The molecule has 0 bridgehead atoms. The summed E-state index contributed by atoms with van der Waals surface area (Å²) in [6.07, 6.45) is 1.56. The Kier molecular flexibility index (Phi) is 7.12. The summed E-state index contributed by atoms with van der Waals surface area (Å²) in [5.41, 5.74) is 0.890. The standard InChI is InChI=1S/C23H19ClN2O6S/c24-18-4-2-1-3-17(18)22(29)32-16-7-5-15(6-8-16)13-19-21(28)26(23(30)33-19)14-20(27)25-9-11-31-12-10-25/h1-8,13H,9-12,14H2/b19-13-. The van der Waals surface area contributed by atoms with Gasteiger partial charge in [0.1, 0.15) is 12.3 Å². The van der Waals surface area contributed by atoms with Crippen molar-refractivity contribution in [2.45, 2.75) is 0 Å². The summed E-state index contributed by atoms with van der Waals surface area (Å²) in [6, 6.07) is 13.0. The molecule has 2 aliphatic rings. The Bertz CT molecular complexity index is 1130. The maximum atomic E-state index is 12.7.